The van der Waals surface area contributed by atoms with Crippen molar-refractivity contribution < 1.29 is 9.21 Å². The summed E-state index contributed by atoms with van der Waals surface area (Å²) in [5, 5.41) is 3.94. The third-order valence-corrected chi connectivity index (χ3v) is 3.53. The van der Waals surface area contributed by atoms with Gasteiger partial charge in [0.15, 0.2) is 5.76 Å². The number of amides is 1. The van der Waals surface area contributed by atoms with Crippen LogP contribution in [0.25, 0.3) is 11.0 Å². The van der Waals surface area contributed by atoms with Crippen LogP contribution < -0.4 is 5.32 Å². The van der Waals surface area contributed by atoms with E-state index in [1.54, 1.807) is 0 Å². The van der Waals surface area contributed by atoms with Gasteiger partial charge in [0.05, 0.1) is 0 Å². The van der Waals surface area contributed by atoms with E-state index in [9.17, 15) is 4.79 Å². The van der Waals surface area contributed by atoms with Gasteiger partial charge in [-0.1, -0.05) is 32.3 Å². The summed E-state index contributed by atoms with van der Waals surface area (Å²) < 4.78 is 5.66. The Hall–Kier alpha value is -1.77. The molecular weight excluding hydrogens is 250 g/mol. The first-order valence-corrected chi connectivity index (χ1v) is 7.41. The van der Waals surface area contributed by atoms with Crippen molar-refractivity contribution >= 4 is 16.9 Å². The number of carbonyl (C=O) groups is 1. The van der Waals surface area contributed by atoms with Crippen LogP contribution in [0, 0.1) is 13.8 Å². The summed E-state index contributed by atoms with van der Waals surface area (Å²) in [6.07, 6.45) is 4.61. The monoisotopic (exact) mass is 273 g/mol. The molecule has 1 aromatic carbocycles. The fraction of sp³-hybridized carbons (Fsp3) is 0.471. The van der Waals surface area contributed by atoms with Crippen molar-refractivity contribution in [1.82, 2.24) is 5.32 Å². The average Bonchev–Trinajstić information content (AvgIpc) is 2.82. The molecule has 0 saturated carbocycles. The molecule has 0 radical (unpaired) electrons. The van der Waals surface area contributed by atoms with Crippen molar-refractivity contribution in [1.29, 1.82) is 0 Å². The highest BCUT2D eigenvalue weighted by Gasteiger charge is 2.13. The Kier molecular flexibility index (Phi) is 4.83. The van der Waals surface area contributed by atoms with Crippen LogP contribution >= 0.6 is 0 Å². The number of hydrogen-bond donors (Lipinski definition) is 1. The molecule has 0 spiro atoms. The zero-order valence-corrected chi connectivity index (χ0v) is 12.6. The first kappa shape index (κ1) is 14.6. The van der Waals surface area contributed by atoms with E-state index in [-0.39, 0.29) is 5.91 Å². The Bertz CT molecular complexity index is 598. The standard InChI is InChI=1S/C17H23NO2/c1-4-5-6-7-8-18-17(19)16-11-14-13(3)9-12(2)10-15(14)20-16/h9-11H,4-8H2,1-3H3,(H,18,19). The summed E-state index contributed by atoms with van der Waals surface area (Å²) in [6.45, 7) is 6.96. The molecule has 0 aliphatic carbocycles. The van der Waals surface area contributed by atoms with Crippen LogP contribution in [0.2, 0.25) is 0 Å². The van der Waals surface area contributed by atoms with Gasteiger partial charge in [0, 0.05) is 11.9 Å². The summed E-state index contributed by atoms with van der Waals surface area (Å²) >= 11 is 0. The first-order chi connectivity index (χ1) is 9.61. The fourth-order valence-electron chi connectivity index (χ4n) is 2.44. The molecule has 108 valence electrons. The van der Waals surface area contributed by atoms with E-state index in [2.05, 4.69) is 18.3 Å². The van der Waals surface area contributed by atoms with Crippen LogP contribution in [-0.2, 0) is 0 Å². The zero-order chi connectivity index (χ0) is 14.5. The van der Waals surface area contributed by atoms with Crippen molar-refractivity contribution in [3.8, 4) is 0 Å². The van der Waals surface area contributed by atoms with Crippen LogP contribution in [0.5, 0.6) is 0 Å². The highest BCUT2D eigenvalue weighted by atomic mass is 16.3. The van der Waals surface area contributed by atoms with Crippen LogP contribution in [0.4, 0.5) is 0 Å². The van der Waals surface area contributed by atoms with Gasteiger partial charge in [0.25, 0.3) is 5.91 Å². The quantitative estimate of drug-likeness (QED) is 0.794. The normalized spacial score (nSPS) is 10.9. The largest absolute Gasteiger partial charge is 0.451 e. The number of aryl methyl sites for hydroxylation is 2. The molecule has 0 aliphatic heterocycles. The molecule has 20 heavy (non-hydrogen) atoms. The van der Waals surface area contributed by atoms with Gasteiger partial charge in [-0.25, -0.2) is 0 Å². The SMILES string of the molecule is CCCCCCNC(=O)c1cc2c(C)cc(C)cc2o1. The van der Waals surface area contributed by atoms with E-state index in [0.717, 1.165) is 34.9 Å². The number of carbonyl (C=O) groups excluding carboxylic acids is 1. The van der Waals surface area contributed by atoms with Gasteiger partial charge in [-0.05, 0) is 43.5 Å². The van der Waals surface area contributed by atoms with Gasteiger partial charge < -0.3 is 9.73 Å². The molecule has 3 heteroatoms. The Labute approximate surface area is 120 Å². The molecule has 0 bridgehead atoms. The lowest BCUT2D eigenvalue weighted by molar-refractivity contribution is 0.0927. The van der Waals surface area contributed by atoms with E-state index in [1.807, 2.05) is 26.0 Å². The second-order valence-corrected chi connectivity index (χ2v) is 5.42. The Morgan fingerprint density at radius 1 is 1.15 bits per heavy atom. The van der Waals surface area contributed by atoms with Gasteiger partial charge in [0.2, 0.25) is 0 Å². The molecule has 1 aromatic heterocycles. The Balaban J connectivity index is 2.02. The maximum atomic E-state index is 12.0. The lowest BCUT2D eigenvalue weighted by Gasteiger charge is -2.02. The minimum absolute atomic E-state index is 0.116. The van der Waals surface area contributed by atoms with Crippen LogP contribution in [-0.4, -0.2) is 12.5 Å². The number of unbranched alkanes of at least 4 members (excludes halogenated alkanes) is 3. The van der Waals surface area contributed by atoms with Crippen molar-refractivity contribution in [2.24, 2.45) is 0 Å². The van der Waals surface area contributed by atoms with Crippen molar-refractivity contribution in [3.63, 3.8) is 0 Å². The molecule has 3 nitrogen and oxygen atoms in total. The van der Waals surface area contributed by atoms with Crippen molar-refractivity contribution in [3.05, 3.63) is 35.1 Å². The number of nitrogens with one attached hydrogen (secondary N) is 1. The Morgan fingerprint density at radius 3 is 2.70 bits per heavy atom. The molecule has 1 N–H and O–H groups in total. The minimum atomic E-state index is -0.116. The molecular formula is C17H23NO2. The predicted octanol–water partition coefficient (Wildman–Crippen LogP) is 4.36. The maximum Gasteiger partial charge on any atom is 0.287 e. The molecule has 0 atom stereocenters. The molecule has 0 unspecified atom stereocenters. The molecule has 1 amide bonds. The smallest absolute Gasteiger partial charge is 0.287 e. The van der Waals surface area contributed by atoms with Crippen LogP contribution in [0.1, 0.15) is 54.3 Å². The van der Waals surface area contributed by atoms with E-state index >= 15 is 0 Å². The minimum Gasteiger partial charge on any atom is -0.451 e. The number of rotatable bonds is 6. The van der Waals surface area contributed by atoms with Crippen LogP contribution in [0.3, 0.4) is 0 Å². The van der Waals surface area contributed by atoms with Gasteiger partial charge in [-0.15, -0.1) is 0 Å². The number of furan rings is 1. The maximum absolute atomic E-state index is 12.0. The van der Waals surface area contributed by atoms with E-state index < -0.39 is 0 Å². The molecule has 1 heterocycles. The van der Waals surface area contributed by atoms with E-state index in [1.165, 1.54) is 12.8 Å². The van der Waals surface area contributed by atoms with E-state index in [0.29, 0.717) is 12.3 Å². The number of benzene rings is 1. The zero-order valence-electron chi connectivity index (χ0n) is 12.6. The summed E-state index contributed by atoms with van der Waals surface area (Å²) in [4.78, 5) is 12.0. The topological polar surface area (TPSA) is 42.2 Å². The number of fused-ring (bicyclic) bond motifs is 1. The second kappa shape index (κ2) is 6.60. The van der Waals surface area contributed by atoms with Crippen molar-refractivity contribution in [2.75, 3.05) is 6.54 Å². The fourth-order valence-corrected chi connectivity index (χ4v) is 2.44. The first-order valence-electron chi connectivity index (χ1n) is 7.41. The number of hydrogen-bond acceptors (Lipinski definition) is 2. The summed E-state index contributed by atoms with van der Waals surface area (Å²) in [5.74, 6) is 0.291. The average molecular weight is 273 g/mol. The van der Waals surface area contributed by atoms with Gasteiger partial charge in [-0.2, -0.15) is 0 Å². The molecule has 2 rings (SSSR count). The molecule has 0 fully saturated rings. The predicted molar refractivity (Wildman–Crippen MR) is 82.2 cm³/mol. The molecule has 2 aromatic rings. The lowest BCUT2D eigenvalue weighted by atomic mass is 10.1. The lowest BCUT2D eigenvalue weighted by Crippen LogP contribution is -2.23. The van der Waals surface area contributed by atoms with Gasteiger partial charge in [-0.3, -0.25) is 4.79 Å². The van der Waals surface area contributed by atoms with Crippen LogP contribution in [0.15, 0.2) is 22.6 Å². The summed E-state index contributed by atoms with van der Waals surface area (Å²) in [5.41, 5.74) is 3.08. The van der Waals surface area contributed by atoms with Gasteiger partial charge in [0.1, 0.15) is 5.58 Å². The highest BCUT2D eigenvalue weighted by molar-refractivity contribution is 5.96. The highest BCUT2D eigenvalue weighted by Crippen LogP contribution is 2.24. The summed E-state index contributed by atoms with van der Waals surface area (Å²) in [6, 6.07) is 5.91. The third-order valence-electron chi connectivity index (χ3n) is 3.53. The van der Waals surface area contributed by atoms with Crippen molar-refractivity contribution in [2.45, 2.75) is 46.5 Å². The summed E-state index contributed by atoms with van der Waals surface area (Å²) in [7, 11) is 0. The molecule has 0 aliphatic rings. The second-order valence-electron chi connectivity index (χ2n) is 5.42. The van der Waals surface area contributed by atoms with Gasteiger partial charge >= 0.3 is 0 Å². The van der Waals surface area contributed by atoms with E-state index in [4.69, 9.17) is 4.42 Å². The third kappa shape index (κ3) is 3.41. The Morgan fingerprint density at radius 2 is 1.95 bits per heavy atom. The molecule has 0 saturated heterocycles.